The van der Waals surface area contributed by atoms with Gasteiger partial charge in [0, 0.05) is 40.9 Å². The number of fused-ring (bicyclic) bond motifs is 3. The van der Waals surface area contributed by atoms with Crippen molar-refractivity contribution in [2.45, 2.75) is 67.0 Å². The lowest BCUT2D eigenvalue weighted by Crippen LogP contribution is -2.46. The molecule has 1 amide bonds. The van der Waals surface area contributed by atoms with Crippen LogP contribution in [0.15, 0.2) is 35.6 Å². The number of rotatable bonds is 5. The summed E-state index contributed by atoms with van der Waals surface area (Å²) in [5, 5.41) is 10.7. The summed E-state index contributed by atoms with van der Waals surface area (Å²) < 4.78 is 42.4. The van der Waals surface area contributed by atoms with Gasteiger partial charge in [-0.2, -0.15) is 14.7 Å². The first-order valence-electron chi connectivity index (χ1n) is 13.2. The topological polar surface area (TPSA) is 178 Å². The maximum atomic E-state index is 15.1. The molecule has 3 fully saturated rings. The number of anilines is 1. The van der Waals surface area contributed by atoms with Crippen molar-refractivity contribution in [1.29, 1.82) is 0 Å². The fraction of sp³-hybridized carbons (Fsp3) is 0.423. The molecule has 3 aromatic heterocycles. The Labute approximate surface area is 228 Å². The molecule has 0 radical (unpaired) electrons. The van der Waals surface area contributed by atoms with Gasteiger partial charge in [-0.1, -0.05) is 12.1 Å². The molecule has 5 heterocycles. The van der Waals surface area contributed by atoms with Crippen LogP contribution in [-0.2, 0) is 15.4 Å². The summed E-state index contributed by atoms with van der Waals surface area (Å²) in [6.45, 7) is 0. The number of carbonyl (C=O) groups is 1. The summed E-state index contributed by atoms with van der Waals surface area (Å²) in [6.07, 6.45) is 8.01. The molecule has 12 nitrogen and oxygen atoms in total. The van der Waals surface area contributed by atoms with Gasteiger partial charge >= 0.3 is 0 Å². The zero-order chi connectivity index (χ0) is 28.0. The van der Waals surface area contributed by atoms with Crippen LogP contribution in [0.3, 0.4) is 0 Å². The minimum absolute atomic E-state index is 0.0442. The molecule has 2 atom stereocenters. The van der Waals surface area contributed by atoms with E-state index in [0.717, 1.165) is 31.9 Å². The van der Waals surface area contributed by atoms with Crippen LogP contribution < -0.4 is 11.5 Å². The maximum absolute atomic E-state index is 15.1. The highest BCUT2D eigenvalue weighted by Crippen LogP contribution is 2.46. The molecule has 5 N–H and O–H groups in total. The van der Waals surface area contributed by atoms with E-state index in [4.69, 9.17) is 16.5 Å². The zero-order valence-electron chi connectivity index (χ0n) is 21.7. The molecule has 2 aliphatic heterocycles. The lowest BCUT2D eigenvalue weighted by Gasteiger charge is -2.38. The van der Waals surface area contributed by atoms with Gasteiger partial charge in [0.1, 0.15) is 22.9 Å². The molecular formula is C26H28FN9O3S. The van der Waals surface area contributed by atoms with Crippen molar-refractivity contribution in [2.75, 3.05) is 12.0 Å². The number of nitrogens with one attached hydrogen (secondary N) is 1. The highest BCUT2D eigenvalue weighted by molar-refractivity contribution is 7.91. The number of benzene rings is 1. The fourth-order valence-corrected chi connectivity index (χ4v) is 7.59. The van der Waals surface area contributed by atoms with E-state index in [2.05, 4.69) is 20.3 Å². The molecule has 14 heteroatoms. The van der Waals surface area contributed by atoms with Gasteiger partial charge in [0.2, 0.25) is 5.82 Å². The Kier molecular flexibility index (Phi) is 5.36. The number of amides is 1. The number of piperidine rings is 1. The number of hydrogen-bond donors (Lipinski definition) is 3. The summed E-state index contributed by atoms with van der Waals surface area (Å²) in [6, 6.07) is 4.66. The monoisotopic (exact) mass is 565 g/mol. The van der Waals surface area contributed by atoms with E-state index in [0.29, 0.717) is 40.9 Å². The third kappa shape index (κ3) is 3.80. The van der Waals surface area contributed by atoms with Crippen LogP contribution in [0.1, 0.15) is 66.3 Å². The standard InChI is InChI=1S/C26H28FN9O3S/c1-40(38,39)21-20(14-8-15-3-4-16(9-14)35(15)25(37)23-30-12-31-34-23)33-24-17(11-32-36(24)22(21)28)13-2-5-18(19(27)10-13)26(29)6-7-26/h2,5,10-12,14-16H,3-4,6-9,28-29H2,1H3,(H,30,31,34)/t15-,16-/m0/s1. The minimum Gasteiger partial charge on any atom is -0.382 e. The van der Waals surface area contributed by atoms with Crippen LogP contribution in [0.2, 0.25) is 0 Å². The summed E-state index contributed by atoms with van der Waals surface area (Å²) >= 11 is 0. The lowest BCUT2D eigenvalue weighted by atomic mass is 9.87. The quantitative estimate of drug-likeness (QED) is 0.327. The minimum atomic E-state index is -3.79. The predicted octanol–water partition coefficient (Wildman–Crippen LogP) is 2.14. The molecule has 1 saturated carbocycles. The number of nitrogens with zero attached hydrogens (tertiary/aromatic N) is 6. The van der Waals surface area contributed by atoms with Crippen LogP contribution in [0, 0.1) is 5.82 Å². The van der Waals surface area contributed by atoms with Gasteiger partial charge in [0.05, 0.1) is 11.9 Å². The van der Waals surface area contributed by atoms with E-state index in [1.807, 2.05) is 4.90 Å². The van der Waals surface area contributed by atoms with Gasteiger partial charge in [-0.3, -0.25) is 9.89 Å². The number of carbonyl (C=O) groups excluding carboxylic acids is 1. The lowest BCUT2D eigenvalue weighted by molar-refractivity contribution is 0.0556. The van der Waals surface area contributed by atoms with Gasteiger partial charge in [0.15, 0.2) is 15.5 Å². The average Bonchev–Trinajstić information content (AvgIpc) is 3.27. The third-order valence-electron chi connectivity index (χ3n) is 8.61. The SMILES string of the molecule is CS(=O)(=O)c1c(C2C[C@@H]3CC[C@@H](C2)N3C(=O)c2ncn[nH]2)nc2c(-c3ccc(C4(N)CC4)c(F)c3)cnn2c1N. The second-order valence-corrected chi connectivity index (χ2v) is 13.2. The largest absolute Gasteiger partial charge is 0.382 e. The van der Waals surface area contributed by atoms with Gasteiger partial charge in [-0.05, 0) is 50.2 Å². The zero-order valence-corrected chi connectivity index (χ0v) is 22.5. The summed E-state index contributed by atoms with van der Waals surface area (Å²) in [7, 11) is -3.79. The van der Waals surface area contributed by atoms with Crippen molar-refractivity contribution in [1.82, 2.24) is 34.7 Å². The molecule has 1 aliphatic carbocycles. The molecule has 4 aromatic rings. The highest BCUT2D eigenvalue weighted by atomic mass is 32.2. The second kappa shape index (κ2) is 8.54. The molecule has 7 rings (SSSR count). The molecule has 1 aromatic carbocycles. The fourth-order valence-electron chi connectivity index (χ4n) is 6.53. The number of sulfone groups is 1. The molecule has 0 spiro atoms. The van der Waals surface area contributed by atoms with Gasteiger partial charge in [-0.25, -0.2) is 22.8 Å². The van der Waals surface area contributed by atoms with Gasteiger partial charge < -0.3 is 16.4 Å². The van der Waals surface area contributed by atoms with Crippen molar-refractivity contribution in [3.05, 3.63) is 53.6 Å². The van der Waals surface area contributed by atoms with Crippen molar-refractivity contribution in [2.24, 2.45) is 5.73 Å². The van der Waals surface area contributed by atoms with Crippen LogP contribution >= 0.6 is 0 Å². The number of aromatic nitrogens is 6. The van der Waals surface area contributed by atoms with Crippen LogP contribution in [0.5, 0.6) is 0 Å². The smallest absolute Gasteiger partial charge is 0.291 e. The number of aromatic amines is 1. The Morgan fingerprint density at radius 1 is 1.20 bits per heavy atom. The van der Waals surface area contributed by atoms with E-state index >= 15 is 4.39 Å². The number of halogens is 1. The Bertz CT molecular complexity index is 1770. The Morgan fingerprint density at radius 3 is 2.52 bits per heavy atom. The first kappa shape index (κ1) is 25.1. The normalized spacial score (nSPS) is 23.6. The van der Waals surface area contributed by atoms with Crippen molar-refractivity contribution in [3.8, 4) is 11.1 Å². The Hall–Kier alpha value is -3.91. The Morgan fingerprint density at radius 2 is 1.93 bits per heavy atom. The molecule has 0 unspecified atom stereocenters. The van der Waals surface area contributed by atoms with E-state index in [-0.39, 0.29) is 40.4 Å². The number of nitrogen functional groups attached to an aromatic ring is 1. The van der Waals surface area contributed by atoms with E-state index in [1.54, 1.807) is 12.1 Å². The van der Waals surface area contributed by atoms with Crippen LogP contribution in [-0.4, -0.2) is 67.3 Å². The second-order valence-electron chi connectivity index (χ2n) is 11.2. The van der Waals surface area contributed by atoms with Crippen molar-refractivity contribution in [3.63, 3.8) is 0 Å². The summed E-state index contributed by atoms with van der Waals surface area (Å²) in [5.74, 6) is -0.748. The average molecular weight is 566 g/mol. The van der Waals surface area contributed by atoms with Crippen LogP contribution in [0.25, 0.3) is 16.8 Å². The number of hydrogen-bond acceptors (Lipinski definition) is 9. The van der Waals surface area contributed by atoms with Crippen LogP contribution in [0.4, 0.5) is 10.2 Å². The molecular weight excluding hydrogens is 537 g/mol. The van der Waals surface area contributed by atoms with E-state index < -0.39 is 21.2 Å². The van der Waals surface area contributed by atoms with E-state index in [1.165, 1.54) is 23.1 Å². The van der Waals surface area contributed by atoms with Gasteiger partial charge in [-0.15, -0.1) is 0 Å². The first-order valence-corrected chi connectivity index (χ1v) is 15.1. The first-order chi connectivity index (χ1) is 19.0. The molecule has 3 aliphatic rings. The molecule has 2 bridgehead atoms. The van der Waals surface area contributed by atoms with Gasteiger partial charge in [0.25, 0.3) is 5.91 Å². The predicted molar refractivity (Wildman–Crippen MR) is 142 cm³/mol. The summed E-state index contributed by atoms with van der Waals surface area (Å²) in [4.78, 5) is 23.7. The third-order valence-corrected chi connectivity index (χ3v) is 9.77. The van der Waals surface area contributed by atoms with Crippen molar-refractivity contribution >= 4 is 27.2 Å². The highest BCUT2D eigenvalue weighted by Gasteiger charge is 2.46. The molecule has 2 saturated heterocycles. The maximum Gasteiger partial charge on any atom is 0.291 e. The molecule has 40 heavy (non-hydrogen) atoms. The van der Waals surface area contributed by atoms with E-state index in [9.17, 15) is 13.2 Å². The molecule has 208 valence electrons. The van der Waals surface area contributed by atoms with Crippen molar-refractivity contribution < 1.29 is 17.6 Å². The Balaban J connectivity index is 1.31. The number of H-pyrrole nitrogens is 1. The number of nitrogens with two attached hydrogens (primary N) is 2. The summed E-state index contributed by atoms with van der Waals surface area (Å²) in [5.41, 5.74) is 14.3.